The van der Waals surface area contributed by atoms with Gasteiger partial charge in [-0.1, -0.05) is 12.1 Å². The zero-order valence-corrected chi connectivity index (χ0v) is 15.4. The number of aliphatic hydroxyl groups is 1. The number of hydrogen-bond donors (Lipinski definition) is 1. The topological polar surface area (TPSA) is 53.0 Å². The molecule has 3 unspecified atom stereocenters. The van der Waals surface area contributed by atoms with Crippen LogP contribution in [0.25, 0.3) is 0 Å². The van der Waals surface area contributed by atoms with Gasteiger partial charge in [0, 0.05) is 12.6 Å². The molecule has 0 bridgehead atoms. The van der Waals surface area contributed by atoms with Crippen LogP contribution in [0.3, 0.4) is 0 Å². The smallest absolute Gasteiger partial charge is 0.237 e. The van der Waals surface area contributed by atoms with Gasteiger partial charge in [-0.15, -0.1) is 0 Å². The summed E-state index contributed by atoms with van der Waals surface area (Å²) in [5.74, 6) is 1.06. The Balaban J connectivity index is 1.64. The van der Waals surface area contributed by atoms with Crippen LogP contribution in [0.15, 0.2) is 24.3 Å². The molecule has 1 amide bonds. The minimum absolute atomic E-state index is 0.177. The number of carbonyl (C=O) groups is 1. The van der Waals surface area contributed by atoms with Crippen LogP contribution in [0.4, 0.5) is 0 Å². The van der Waals surface area contributed by atoms with E-state index in [9.17, 15) is 9.90 Å². The fraction of sp³-hybridized carbons (Fsp3) is 0.650. The normalized spacial score (nSPS) is 25.3. The van der Waals surface area contributed by atoms with Gasteiger partial charge in [-0.3, -0.25) is 9.69 Å². The van der Waals surface area contributed by atoms with Crippen molar-refractivity contribution in [1.29, 1.82) is 0 Å². The first-order valence-electron chi connectivity index (χ1n) is 9.44. The largest absolute Gasteiger partial charge is 0.497 e. The number of aliphatic hydroxyl groups excluding tert-OH is 1. The van der Waals surface area contributed by atoms with Crippen LogP contribution in [-0.4, -0.2) is 59.7 Å². The molecule has 1 N–H and O–H groups in total. The van der Waals surface area contributed by atoms with Gasteiger partial charge in [0.2, 0.25) is 5.91 Å². The molecule has 2 heterocycles. The van der Waals surface area contributed by atoms with Crippen LogP contribution in [0.5, 0.6) is 5.75 Å². The van der Waals surface area contributed by atoms with E-state index in [2.05, 4.69) is 17.0 Å². The van der Waals surface area contributed by atoms with E-state index >= 15 is 0 Å². The number of rotatable bonds is 6. The maximum Gasteiger partial charge on any atom is 0.237 e. The summed E-state index contributed by atoms with van der Waals surface area (Å²) < 4.78 is 5.23. The summed E-state index contributed by atoms with van der Waals surface area (Å²) in [6, 6.07) is 8.59. The van der Waals surface area contributed by atoms with Gasteiger partial charge in [0.15, 0.2) is 0 Å². The lowest BCUT2D eigenvalue weighted by molar-refractivity contribution is -0.133. The van der Waals surface area contributed by atoms with E-state index in [0.29, 0.717) is 12.6 Å². The summed E-state index contributed by atoms with van der Waals surface area (Å²) in [6.45, 7) is 4.11. The van der Waals surface area contributed by atoms with Gasteiger partial charge < -0.3 is 14.7 Å². The molecule has 0 saturated carbocycles. The fourth-order valence-electron chi connectivity index (χ4n) is 4.27. The van der Waals surface area contributed by atoms with E-state index < -0.39 is 0 Å². The van der Waals surface area contributed by atoms with Gasteiger partial charge in [-0.25, -0.2) is 0 Å². The standard InChI is InChI=1S/C20H30N2O3/c1-15(23)13-17-5-3-11-21(17)14-20(24)22-12-4-6-19(22)16-7-9-18(25-2)10-8-16/h7-10,15,17,19,23H,3-6,11-14H2,1-2H3. The second-order valence-corrected chi connectivity index (χ2v) is 7.37. The highest BCUT2D eigenvalue weighted by atomic mass is 16.5. The molecule has 2 aliphatic heterocycles. The highest BCUT2D eigenvalue weighted by Gasteiger charge is 2.33. The summed E-state index contributed by atoms with van der Waals surface area (Å²) in [5, 5.41) is 9.68. The number of nitrogens with zero attached hydrogens (tertiary/aromatic N) is 2. The molecule has 5 heteroatoms. The molecule has 5 nitrogen and oxygen atoms in total. The minimum atomic E-state index is -0.306. The highest BCUT2D eigenvalue weighted by Crippen LogP contribution is 2.33. The first-order valence-corrected chi connectivity index (χ1v) is 9.44. The Bertz CT molecular complexity index is 573. The summed E-state index contributed by atoms with van der Waals surface area (Å²) in [7, 11) is 1.67. The molecule has 2 saturated heterocycles. The van der Waals surface area contributed by atoms with Crippen LogP contribution >= 0.6 is 0 Å². The fourth-order valence-corrected chi connectivity index (χ4v) is 4.27. The van der Waals surface area contributed by atoms with Crippen molar-refractivity contribution in [3.8, 4) is 5.75 Å². The maximum atomic E-state index is 12.9. The van der Waals surface area contributed by atoms with Crippen LogP contribution in [0.1, 0.15) is 50.6 Å². The van der Waals surface area contributed by atoms with Gasteiger partial charge in [-0.05, 0) is 63.3 Å². The van der Waals surface area contributed by atoms with Crippen molar-refractivity contribution in [2.24, 2.45) is 0 Å². The Labute approximate surface area is 150 Å². The summed E-state index contributed by atoms with van der Waals surface area (Å²) in [5.41, 5.74) is 1.19. The first kappa shape index (κ1) is 18.2. The number of hydrogen-bond acceptors (Lipinski definition) is 4. The minimum Gasteiger partial charge on any atom is -0.497 e. The molecule has 2 fully saturated rings. The van der Waals surface area contributed by atoms with E-state index in [4.69, 9.17) is 4.74 Å². The third-order valence-electron chi connectivity index (χ3n) is 5.52. The van der Waals surface area contributed by atoms with E-state index in [1.54, 1.807) is 7.11 Å². The number of likely N-dealkylation sites (tertiary alicyclic amines) is 2. The Morgan fingerprint density at radius 1 is 1.24 bits per heavy atom. The first-order chi connectivity index (χ1) is 12.1. The molecular weight excluding hydrogens is 316 g/mol. The molecule has 138 valence electrons. The molecular formula is C20H30N2O3. The Morgan fingerprint density at radius 2 is 1.96 bits per heavy atom. The number of amides is 1. The van der Waals surface area contributed by atoms with E-state index in [1.165, 1.54) is 5.56 Å². The molecule has 0 radical (unpaired) electrons. The van der Waals surface area contributed by atoms with Crippen LogP contribution in [0.2, 0.25) is 0 Å². The maximum absolute atomic E-state index is 12.9. The van der Waals surface area contributed by atoms with Crippen molar-refractivity contribution in [3.63, 3.8) is 0 Å². The summed E-state index contributed by atoms with van der Waals surface area (Å²) >= 11 is 0. The van der Waals surface area contributed by atoms with Crippen molar-refractivity contribution in [1.82, 2.24) is 9.80 Å². The third-order valence-corrected chi connectivity index (χ3v) is 5.52. The van der Waals surface area contributed by atoms with Crippen LogP contribution in [0, 0.1) is 0 Å². The zero-order valence-electron chi connectivity index (χ0n) is 15.4. The van der Waals surface area contributed by atoms with Crippen LogP contribution in [-0.2, 0) is 4.79 Å². The van der Waals surface area contributed by atoms with Crippen molar-refractivity contribution in [2.75, 3.05) is 26.7 Å². The number of ether oxygens (including phenoxy) is 1. The predicted octanol–water partition coefficient (Wildman–Crippen LogP) is 2.59. The molecule has 0 spiro atoms. The quantitative estimate of drug-likeness (QED) is 0.860. The van der Waals surface area contributed by atoms with Gasteiger partial charge in [0.1, 0.15) is 5.75 Å². The third kappa shape index (κ3) is 4.33. The highest BCUT2D eigenvalue weighted by molar-refractivity contribution is 5.79. The summed E-state index contributed by atoms with van der Waals surface area (Å²) in [6.07, 6.45) is 4.73. The van der Waals surface area contributed by atoms with E-state index in [0.717, 1.165) is 50.9 Å². The Morgan fingerprint density at radius 3 is 2.64 bits per heavy atom. The van der Waals surface area contributed by atoms with Crippen LogP contribution < -0.4 is 4.74 Å². The average Bonchev–Trinajstić information content (AvgIpc) is 3.24. The Kier molecular flexibility index (Phi) is 5.97. The lowest BCUT2D eigenvalue weighted by atomic mass is 10.0. The molecule has 2 aliphatic rings. The van der Waals surface area contributed by atoms with E-state index in [1.807, 2.05) is 24.0 Å². The van der Waals surface area contributed by atoms with Gasteiger partial charge in [0.05, 0.1) is 25.8 Å². The van der Waals surface area contributed by atoms with Crippen molar-refractivity contribution in [3.05, 3.63) is 29.8 Å². The van der Waals surface area contributed by atoms with Gasteiger partial charge in [0.25, 0.3) is 0 Å². The molecule has 25 heavy (non-hydrogen) atoms. The summed E-state index contributed by atoms with van der Waals surface area (Å²) in [4.78, 5) is 17.2. The molecule has 0 aromatic heterocycles. The average molecular weight is 346 g/mol. The molecule has 3 rings (SSSR count). The molecule has 3 atom stereocenters. The van der Waals surface area contributed by atoms with Gasteiger partial charge in [-0.2, -0.15) is 0 Å². The SMILES string of the molecule is COc1ccc(C2CCCN2C(=O)CN2CCCC2CC(C)O)cc1. The van der Waals surface area contributed by atoms with Crippen molar-refractivity contribution in [2.45, 2.75) is 57.2 Å². The number of methoxy groups -OCH3 is 1. The lowest BCUT2D eigenvalue weighted by Crippen LogP contribution is -2.42. The molecule has 0 aliphatic carbocycles. The Hall–Kier alpha value is -1.59. The predicted molar refractivity (Wildman–Crippen MR) is 97.6 cm³/mol. The number of carbonyl (C=O) groups excluding carboxylic acids is 1. The second kappa shape index (κ2) is 8.19. The molecule has 1 aromatic carbocycles. The van der Waals surface area contributed by atoms with Crippen molar-refractivity contribution >= 4 is 5.91 Å². The lowest BCUT2D eigenvalue weighted by Gasteiger charge is -2.30. The second-order valence-electron chi connectivity index (χ2n) is 7.37. The van der Waals surface area contributed by atoms with Crippen molar-refractivity contribution < 1.29 is 14.6 Å². The van der Waals surface area contributed by atoms with Gasteiger partial charge >= 0.3 is 0 Å². The monoisotopic (exact) mass is 346 g/mol. The number of benzene rings is 1. The van der Waals surface area contributed by atoms with E-state index in [-0.39, 0.29) is 18.1 Å². The molecule has 1 aromatic rings. The zero-order chi connectivity index (χ0) is 17.8.